The first kappa shape index (κ1) is 27.8. The third kappa shape index (κ3) is 5.56. The van der Waals surface area contributed by atoms with Crippen molar-refractivity contribution in [1.82, 2.24) is 10.2 Å². The summed E-state index contributed by atoms with van der Waals surface area (Å²) in [4.78, 5) is 28.5. The van der Waals surface area contributed by atoms with Gasteiger partial charge in [0.05, 0.1) is 11.6 Å². The third-order valence-corrected chi connectivity index (χ3v) is 8.95. The first-order valence-electron chi connectivity index (χ1n) is 12.8. The predicted octanol–water partition coefficient (Wildman–Crippen LogP) is 7.96. The summed E-state index contributed by atoms with van der Waals surface area (Å²) in [5, 5.41) is 20.5. The highest BCUT2D eigenvalue weighted by atomic mass is 35.5. The van der Waals surface area contributed by atoms with Gasteiger partial charge in [0.15, 0.2) is 15.9 Å². The van der Waals surface area contributed by atoms with Crippen molar-refractivity contribution in [2.45, 2.75) is 23.1 Å². The summed E-state index contributed by atoms with van der Waals surface area (Å²) in [5.41, 5.74) is 1.35. The maximum absolute atomic E-state index is 13.7. The normalized spacial score (nSPS) is 15.0. The number of furan rings is 1. The van der Waals surface area contributed by atoms with Crippen molar-refractivity contribution in [3.8, 4) is 11.5 Å². The Kier molecular flexibility index (Phi) is 7.84. The molecule has 0 fully saturated rings. The minimum Gasteiger partial charge on any atom is -0.503 e. The van der Waals surface area contributed by atoms with Crippen LogP contribution in [0.1, 0.15) is 33.5 Å². The van der Waals surface area contributed by atoms with Gasteiger partial charge in [0.2, 0.25) is 10.9 Å². The van der Waals surface area contributed by atoms with E-state index < -0.39 is 23.5 Å². The van der Waals surface area contributed by atoms with Crippen LogP contribution in [0.15, 0.2) is 111 Å². The number of hydrogen-bond acceptors (Lipinski definition) is 9. The molecule has 3 heterocycles. The first-order chi connectivity index (χ1) is 20.4. The van der Waals surface area contributed by atoms with Crippen LogP contribution >= 0.6 is 34.7 Å². The van der Waals surface area contributed by atoms with E-state index >= 15 is 0 Å². The zero-order valence-corrected chi connectivity index (χ0v) is 24.4. The fourth-order valence-electron chi connectivity index (χ4n) is 4.53. The molecular formula is C31H22ClN3O5S2. The highest BCUT2D eigenvalue weighted by molar-refractivity contribution is 8.00. The van der Waals surface area contributed by atoms with Crippen molar-refractivity contribution < 1.29 is 23.8 Å². The van der Waals surface area contributed by atoms with Crippen molar-refractivity contribution in [2.24, 2.45) is 0 Å². The number of aromatic nitrogens is 2. The molecular weight excluding hydrogens is 594 g/mol. The number of benzene rings is 3. The number of ketones is 1. The van der Waals surface area contributed by atoms with E-state index in [1.54, 1.807) is 37.3 Å². The Bertz CT molecular complexity index is 1820. The smallest absolute Gasteiger partial charge is 0.296 e. The molecule has 0 spiro atoms. The lowest BCUT2D eigenvalue weighted by atomic mass is 9.95. The number of halogens is 1. The van der Waals surface area contributed by atoms with E-state index in [2.05, 4.69) is 10.2 Å². The van der Waals surface area contributed by atoms with Crippen LogP contribution in [0.25, 0.3) is 0 Å². The largest absolute Gasteiger partial charge is 0.503 e. The van der Waals surface area contributed by atoms with Crippen LogP contribution in [-0.4, -0.2) is 27.0 Å². The number of aliphatic hydroxyl groups is 1. The summed E-state index contributed by atoms with van der Waals surface area (Å²) in [6, 6.07) is 25.9. The number of amides is 1. The molecule has 1 atom stereocenters. The third-order valence-electron chi connectivity index (χ3n) is 6.48. The van der Waals surface area contributed by atoms with Gasteiger partial charge in [-0.25, -0.2) is 0 Å². The minimum absolute atomic E-state index is 0.0126. The maximum Gasteiger partial charge on any atom is 0.296 e. The zero-order valence-electron chi connectivity index (χ0n) is 22.1. The van der Waals surface area contributed by atoms with E-state index in [-0.39, 0.29) is 16.5 Å². The Balaban J connectivity index is 1.36. The lowest BCUT2D eigenvalue weighted by Gasteiger charge is -2.24. The molecule has 210 valence electrons. The molecule has 1 aliphatic heterocycles. The molecule has 1 amide bonds. The monoisotopic (exact) mass is 615 g/mol. The van der Waals surface area contributed by atoms with E-state index in [0.29, 0.717) is 37.9 Å². The summed E-state index contributed by atoms with van der Waals surface area (Å²) in [6.45, 7) is 1.71. The molecule has 2 aromatic heterocycles. The molecule has 1 unspecified atom stereocenters. The van der Waals surface area contributed by atoms with Crippen molar-refractivity contribution in [1.29, 1.82) is 0 Å². The summed E-state index contributed by atoms with van der Waals surface area (Å²) < 4.78 is 12.2. The fraction of sp³-hybridized carbons (Fsp3) is 0.0968. The highest BCUT2D eigenvalue weighted by Gasteiger charge is 2.47. The molecule has 0 saturated carbocycles. The lowest BCUT2D eigenvalue weighted by Crippen LogP contribution is -2.31. The van der Waals surface area contributed by atoms with E-state index in [1.165, 1.54) is 34.1 Å². The quantitative estimate of drug-likeness (QED) is 0.101. The van der Waals surface area contributed by atoms with E-state index in [0.717, 1.165) is 5.56 Å². The molecule has 0 radical (unpaired) electrons. The van der Waals surface area contributed by atoms with Gasteiger partial charge in [0, 0.05) is 10.8 Å². The molecule has 8 nitrogen and oxygen atoms in total. The van der Waals surface area contributed by atoms with Crippen LogP contribution in [0.3, 0.4) is 0 Å². The van der Waals surface area contributed by atoms with Crippen molar-refractivity contribution in [2.75, 3.05) is 4.90 Å². The van der Waals surface area contributed by atoms with Gasteiger partial charge in [-0.15, -0.1) is 10.2 Å². The Morgan fingerprint density at radius 2 is 1.79 bits per heavy atom. The number of ether oxygens (including phenoxy) is 1. The van der Waals surface area contributed by atoms with E-state index in [9.17, 15) is 14.7 Å². The number of hydrogen-bond donors (Lipinski definition) is 1. The number of para-hydroxylation sites is 1. The Labute approximate surface area is 254 Å². The summed E-state index contributed by atoms with van der Waals surface area (Å²) in [5.74, 6) is 0.167. The maximum atomic E-state index is 13.7. The second-order valence-electron chi connectivity index (χ2n) is 9.30. The van der Waals surface area contributed by atoms with Crippen molar-refractivity contribution in [3.63, 3.8) is 0 Å². The minimum atomic E-state index is -1.01. The summed E-state index contributed by atoms with van der Waals surface area (Å²) >= 11 is 8.90. The molecule has 0 saturated heterocycles. The topological polar surface area (TPSA) is 106 Å². The number of nitrogens with zero attached hydrogens (tertiary/aromatic N) is 3. The van der Waals surface area contributed by atoms with Crippen LogP contribution in [-0.2, 0) is 10.5 Å². The van der Waals surface area contributed by atoms with Crippen LogP contribution in [0.4, 0.5) is 5.13 Å². The molecule has 11 heteroatoms. The number of carbonyl (C=O) groups is 2. The molecule has 1 N–H and O–H groups in total. The predicted molar refractivity (Wildman–Crippen MR) is 162 cm³/mol. The average molecular weight is 616 g/mol. The van der Waals surface area contributed by atoms with Gasteiger partial charge >= 0.3 is 0 Å². The second-order valence-corrected chi connectivity index (χ2v) is 11.9. The Morgan fingerprint density at radius 3 is 2.55 bits per heavy atom. The van der Waals surface area contributed by atoms with Gasteiger partial charge < -0.3 is 14.3 Å². The number of carbonyl (C=O) groups excluding carboxylic acids is 2. The number of anilines is 1. The summed E-state index contributed by atoms with van der Waals surface area (Å²) in [6.07, 6.45) is 0. The average Bonchev–Trinajstić information content (AvgIpc) is 3.71. The second kappa shape index (κ2) is 11.8. The Morgan fingerprint density at radius 1 is 1.02 bits per heavy atom. The number of Topliss-reactive ketones (excluding diaryl/α,β-unsaturated/α-hetero) is 1. The molecule has 5 aromatic rings. The zero-order chi connectivity index (χ0) is 29.2. The Hall–Kier alpha value is -4.38. The van der Waals surface area contributed by atoms with E-state index in [1.807, 2.05) is 54.6 Å². The number of thioether (sulfide) groups is 1. The molecule has 3 aromatic carbocycles. The fourth-order valence-corrected chi connectivity index (χ4v) is 6.68. The van der Waals surface area contributed by atoms with Gasteiger partial charge in [-0.1, -0.05) is 83.2 Å². The number of aryl methyl sites for hydroxylation is 1. The molecule has 0 aliphatic carbocycles. The van der Waals surface area contributed by atoms with Gasteiger partial charge in [-0.05, 0) is 60.5 Å². The summed E-state index contributed by atoms with van der Waals surface area (Å²) in [7, 11) is 0. The van der Waals surface area contributed by atoms with Crippen LogP contribution < -0.4 is 9.64 Å². The van der Waals surface area contributed by atoms with Gasteiger partial charge in [0.25, 0.3) is 5.91 Å². The number of rotatable bonds is 9. The highest BCUT2D eigenvalue weighted by Crippen LogP contribution is 2.45. The van der Waals surface area contributed by atoms with Crippen LogP contribution in [0.5, 0.6) is 11.5 Å². The standard InChI is InChI=1S/C31H22ClN3O5S2/c1-18-14-15-24(39-18)27(36)25-26(19-9-7-12-22(16-19)40-21-10-3-2-4-11-21)35(29(38)28(25)37)30-33-34-31(42-30)41-17-20-8-5-6-13-23(20)32/h2-16,26,37H,17H2,1H3. The molecule has 6 rings (SSSR count). The lowest BCUT2D eigenvalue weighted by molar-refractivity contribution is -0.117. The van der Waals surface area contributed by atoms with E-state index in [4.69, 9.17) is 20.8 Å². The van der Waals surface area contributed by atoms with Gasteiger partial charge in [0.1, 0.15) is 17.3 Å². The number of aliphatic hydroxyl groups excluding tert-OH is 1. The van der Waals surface area contributed by atoms with Gasteiger partial charge in [-0.2, -0.15) is 0 Å². The van der Waals surface area contributed by atoms with Crippen LogP contribution in [0.2, 0.25) is 5.02 Å². The first-order valence-corrected chi connectivity index (χ1v) is 15.0. The molecule has 42 heavy (non-hydrogen) atoms. The van der Waals surface area contributed by atoms with Crippen molar-refractivity contribution >= 4 is 51.5 Å². The molecule has 0 bridgehead atoms. The van der Waals surface area contributed by atoms with Gasteiger partial charge in [-0.3, -0.25) is 14.5 Å². The van der Waals surface area contributed by atoms with Crippen LogP contribution in [0, 0.1) is 6.92 Å². The van der Waals surface area contributed by atoms with Crippen molar-refractivity contribution in [3.05, 3.63) is 130 Å². The molecule has 1 aliphatic rings. The SMILES string of the molecule is Cc1ccc(C(=O)C2=C(O)C(=O)N(c3nnc(SCc4ccccc4Cl)s3)C2c2cccc(Oc3ccccc3)c2)o1.